The molecule has 114 valence electrons. The molecule has 0 aromatic carbocycles. The number of anilines is 2. The van der Waals surface area contributed by atoms with Gasteiger partial charge < -0.3 is 10.6 Å². The van der Waals surface area contributed by atoms with Crippen LogP contribution in [-0.4, -0.2) is 23.1 Å². The topological polar surface area (TPSA) is 49.8 Å². The molecule has 1 heterocycles. The van der Waals surface area contributed by atoms with Gasteiger partial charge in [-0.3, -0.25) is 0 Å². The van der Waals surface area contributed by atoms with E-state index < -0.39 is 0 Å². The highest BCUT2D eigenvalue weighted by atomic mass is 15.1. The van der Waals surface area contributed by atoms with Gasteiger partial charge in [0.25, 0.3) is 0 Å². The fourth-order valence-electron chi connectivity index (χ4n) is 1.61. The Morgan fingerprint density at radius 1 is 1.05 bits per heavy atom. The molecule has 0 aliphatic heterocycles. The maximum atomic E-state index is 4.62. The van der Waals surface area contributed by atoms with Crippen LogP contribution in [0.25, 0.3) is 0 Å². The van der Waals surface area contributed by atoms with Crippen molar-refractivity contribution in [3.63, 3.8) is 0 Å². The Bertz CT molecular complexity index is 424. The molecule has 0 bridgehead atoms. The first-order valence-corrected chi connectivity index (χ1v) is 7.63. The summed E-state index contributed by atoms with van der Waals surface area (Å²) < 4.78 is 0. The van der Waals surface area contributed by atoms with E-state index in [1.165, 1.54) is 0 Å². The summed E-state index contributed by atoms with van der Waals surface area (Å²) in [6.07, 6.45) is 0. The lowest BCUT2D eigenvalue weighted by Crippen LogP contribution is -2.29. The van der Waals surface area contributed by atoms with Gasteiger partial charge in [0.2, 0.25) is 0 Å². The molecular formula is C16H30N4. The summed E-state index contributed by atoms with van der Waals surface area (Å²) in [4.78, 5) is 9.16. The smallest absolute Gasteiger partial charge is 0.135 e. The van der Waals surface area contributed by atoms with Crippen molar-refractivity contribution in [2.24, 2.45) is 11.3 Å². The Kier molecular flexibility index (Phi) is 5.78. The first-order valence-electron chi connectivity index (χ1n) is 7.63. The molecule has 4 heteroatoms. The van der Waals surface area contributed by atoms with Gasteiger partial charge in [0, 0.05) is 25.1 Å². The molecule has 0 fully saturated rings. The van der Waals surface area contributed by atoms with Crippen LogP contribution in [0.15, 0.2) is 6.07 Å². The quantitative estimate of drug-likeness (QED) is 0.787. The lowest BCUT2D eigenvalue weighted by molar-refractivity contribution is 0.269. The molecule has 0 saturated heterocycles. The second-order valence-corrected chi connectivity index (χ2v) is 6.68. The second kappa shape index (κ2) is 6.91. The first-order chi connectivity index (χ1) is 9.26. The fraction of sp³-hybridized carbons (Fsp3) is 0.750. The van der Waals surface area contributed by atoms with E-state index in [0.717, 1.165) is 30.5 Å². The van der Waals surface area contributed by atoms with E-state index in [4.69, 9.17) is 0 Å². The highest BCUT2D eigenvalue weighted by Gasteiger charge is 2.22. The molecule has 1 rings (SSSR count). The van der Waals surface area contributed by atoms with E-state index in [-0.39, 0.29) is 5.41 Å². The number of aromatic nitrogens is 2. The predicted octanol–water partition coefficient (Wildman–Crippen LogP) is 4.13. The van der Waals surface area contributed by atoms with Gasteiger partial charge in [-0.1, -0.05) is 41.5 Å². The zero-order chi connectivity index (χ0) is 15.3. The molecule has 1 aromatic heterocycles. The lowest BCUT2D eigenvalue weighted by Gasteiger charge is -2.29. The molecule has 0 saturated carbocycles. The van der Waals surface area contributed by atoms with Crippen LogP contribution in [0.1, 0.15) is 60.2 Å². The molecule has 0 atom stereocenters. The van der Waals surface area contributed by atoms with Crippen molar-refractivity contribution in [2.45, 2.75) is 54.4 Å². The summed E-state index contributed by atoms with van der Waals surface area (Å²) in [7, 11) is 0. The number of hydrogen-bond acceptors (Lipinski definition) is 4. The summed E-state index contributed by atoms with van der Waals surface area (Å²) in [5, 5.41) is 6.74. The van der Waals surface area contributed by atoms with Crippen molar-refractivity contribution < 1.29 is 0 Å². The Morgan fingerprint density at radius 2 is 1.60 bits per heavy atom. The van der Waals surface area contributed by atoms with Gasteiger partial charge in [0.15, 0.2) is 0 Å². The molecule has 1 aromatic rings. The molecule has 20 heavy (non-hydrogen) atoms. The normalized spacial score (nSPS) is 12.1. The largest absolute Gasteiger partial charge is 0.370 e. The molecule has 0 aliphatic rings. The van der Waals surface area contributed by atoms with Crippen LogP contribution in [0.2, 0.25) is 0 Å². The zero-order valence-corrected chi connectivity index (χ0v) is 14.0. The minimum absolute atomic E-state index is 0.237. The Morgan fingerprint density at radius 3 is 2.05 bits per heavy atom. The number of hydrogen-bond donors (Lipinski definition) is 2. The highest BCUT2D eigenvalue weighted by molar-refractivity contribution is 5.48. The number of nitrogens with zero attached hydrogens (tertiary/aromatic N) is 2. The van der Waals surface area contributed by atoms with E-state index in [9.17, 15) is 0 Å². The number of rotatable bonds is 7. The van der Waals surface area contributed by atoms with Gasteiger partial charge >= 0.3 is 0 Å². The lowest BCUT2D eigenvalue weighted by atomic mass is 9.81. The van der Waals surface area contributed by atoms with E-state index in [0.29, 0.717) is 11.8 Å². The van der Waals surface area contributed by atoms with E-state index in [1.807, 2.05) is 6.07 Å². The van der Waals surface area contributed by atoms with Gasteiger partial charge in [-0.2, -0.15) is 0 Å². The van der Waals surface area contributed by atoms with Crippen LogP contribution in [0, 0.1) is 11.3 Å². The van der Waals surface area contributed by atoms with E-state index in [2.05, 4.69) is 69.1 Å². The zero-order valence-electron chi connectivity index (χ0n) is 14.0. The third-order valence-corrected chi connectivity index (χ3v) is 3.91. The van der Waals surface area contributed by atoms with Crippen molar-refractivity contribution in [1.29, 1.82) is 0 Å². The van der Waals surface area contributed by atoms with Crippen molar-refractivity contribution >= 4 is 11.6 Å². The molecular weight excluding hydrogens is 248 g/mol. The third-order valence-electron chi connectivity index (χ3n) is 3.91. The standard InChI is InChI=1S/C16H30N4/c1-8-17-13-9-14(20-15(19-13)11(2)3)18-10-16(6,7)12(4)5/h9,11-12H,8,10H2,1-7H3,(H2,17,18,19,20). The number of nitrogens with one attached hydrogen (secondary N) is 2. The van der Waals surface area contributed by atoms with E-state index in [1.54, 1.807) is 0 Å². The monoisotopic (exact) mass is 278 g/mol. The first kappa shape index (κ1) is 16.7. The maximum absolute atomic E-state index is 4.62. The van der Waals surface area contributed by atoms with Crippen LogP contribution >= 0.6 is 0 Å². The highest BCUT2D eigenvalue weighted by Crippen LogP contribution is 2.26. The van der Waals surface area contributed by atoms with E-state index >= 15 is 0 Å². The Labute approximate surface area is 123 Å². The summed E-state index contributed by atoms with van der Waals surface area (Å²) >= 11 is 0. The summed E-state index contributed by atoms with van der Waals surface area (Å²) in [5.74, 6) is 3.64. The van der Waals surface area contributed by atoms with Crippen LogP contribution in [0.5, 0.6) is 0 Å². The van der Waals surface area contributed by atoms with Gasteiger partial charge in [-0.25, -0.2) is 9.97 Å². The molecule has 0 unspecified atom stereocenters. The third kappa shape index (κ3) is 4.66. The van der Waals surface area contributed by atoms with Gasteiger partial charge in [0.05, 0.1) is 0 Å². The summed E-state index contributed by atoms with van der Waals surface area (Å²) in [6, 6.07) is 1.99. The minimum atomic E-state index is 0.237. The van der Waals surface area contributed by atoms with Crippen LogP contribution < -0.4 is 10.6 Å². The van der Waals surface area contributed by atoms with Crippen molar-refractivity contribution in [3.8, 4) is 0 Å². The van der Waals surface area contributed by atoms with Crippen molar-refractivity contribution in [2.75, 3.05) is 23.7 Å². The molecule has 4 nitrogen and oxygen atoms in total. The summed E-state index contributed by atoms with van der Waals surface area (Å²) in [5.41, 5.74) is 0.237. The summed E-state index contributed by atoms with van der Waals surface area (Å²) in [6.45, 7) is 17.2. The maximum Gasteiger partial charge on any atom is 0.135 e. The molecule has 2 N–H and O–H groups in total. The average molecular weight is 278 g/mol. The molecule has 0 amide bonds. The van der Waals surface area contributed by atoms with Gasteiger partial charge in [-0.05, 0) is 18.3 Å². The SMILES string of the molecule is CCNc1cc(NCC(C)(C)C(C)C)nc(C(C)C)n1. The van der Waals surface area contributed by atoms with Crippen molar-refractivity contribution in [1.82, 2.24) is 9.97 Å². The van der Waals surface area contributed by atoms with Crippen LogP contribution in [0.4, 0.5) is 11.6 Å². The fourth-order valence-corrected chi connectivity index (χ4v) is 1.61. The van der Waals surface area contributed by atoms with Gasteiger partial charge in [-0.15, -0.1) is 0 Å². The average Bonchev–Trinajstić information content (AvgIpc) is 2.36. The van der Waals surface area contributed by atoms with Crippen LogP contribution in [0.3, 0.4) is 0 Å². The van der Waals surface area contributed by atoms with Crippen molar-refractivity contribution in [3.05, 3.63) is 11.9 Å². The predicted molar refractivity (Wildman–Crippen MR) is 87.4 cm³/mol. The Balaban J connectivity index is 2.88. The van der Waals surface area contributed by atoms with Gasteiger partial charge in [0.1, 0.15) is 17.5 Å². The molecule has 0 spiro atoms. The minimum Gasteiger partial charge on any atom is -0.370 e. The van der Waals surface area contributed by atoms with Crippen LogP contribution in [-0.2, 0) is 0 Å². The molecule has 0 aliphatic carbocycles. The molecule has 0 radical (unpaired) electrons. The second-order valence-electron chi connectivity index (χ2n) is 6.68. The Hall–Kier alpha value is -1.32.